The first-order chi connectivity index (χ1) is 14.1. The molecule has 10 nitrogen and oxygen atoms in total. The van der Waals surface area contributed by atoms with Crippen molar-refractivity contribution in [1.82, 2.24) is 19.5 Å². The molecule has 10 heteroatoms. The lowest BCUT2D eigenvalue weighted by molar-refractivity contribution is -0.194. The smallest absolute Gasteiger partial charge is 0.167 e. The van der Waals surface area contributed by atoms with Crippen LogP contribution in [0.4, 0.5) is 5.82 Å². The van der Waals surface area contributed by atoms with E-state index in [4.69, 9.17) is 18.9 Å². The van der Waals surface area contributed by atoms with Gasteiger partial charge in [-0.05, 0) is 32.6 Å². The van der Waals surface area contributed by atoms with E-state index < -0.39 is 30.3 Å². The molecule has 3 saturated heterocycles. The van der Waals surface area contributed by atoms with Gasteiger partial charge in [0.1, 0.15) is 24.6 Å². The van der Waals surface area contributed by atoms with Crippen molar-refractivity contribution in [2.75, 3.05) is 25.1 Å². The van der Waals surface area contributed by atoms with Crippen molar-refractivity contribution in [3.63, 3.8) is 0 Å². The van der Waals surface area contributed by atoms with Crippen LogP contribution in [0, 0.1) is 5.92 Å². The number of hydrogen-bond acceptors (Lipinski definition) is 9. The molecule has 5 atom stereocenters. The molecule has 5 rings (SSSR count). The van der Waals surface area contributed by atoms with Crippen LogP contribution in [-0.4, -0.2) is 69.7 Å². The molecule has 0 radical (unpaired) electrons. The standard InChI is InChI=1S/C19H25N5O5/c1-19(2)28-14-12(7-25)27-18(15(14)29-19)24-10-23-13-16(21-9-22-17(13)24)20-6-11-4-3-5-26-8-11/h7,9-12,14-15,18H,3-6,8H2,1-2H3,(H,20,21,22)/t11?,12-,14-,15+,18+/m0/s1. The highest BCUT2D eigenvalue weighted by molar-refractivity contribution is 5.82. The van der Waals surface area contributed by atoms with Gasteiger partial charge in [0.15, 0.2) is 35.3 Å². The van der Waals surface area contributed by atoms with E-state index in [1.165, 1.54) is 6.33 Å². The Balaban J connectivity index is 1.40. The summed E-state index contributed by atoms with van der Waals surface area (Å²) in [6.45, 7) is 6.02. The van der Waals surface area contributed by atoms with Crippen molar-refractivity contribution in [3.8, 4) is 0 Å². The maximum absolute atomic E-state index is 11.5. The Hall–Kier alpha value is -2.14. The van der Waals surface area contributed by atoms with Crippen LogP contribution in [0.2, 0.25) is 0 Å². The van der Waals surface area contributed by atoms with Gasteiger partial charge in [-0.25, -0.2) is 15.0 Å². The lowest BCUT2D eigenvalue weighted by Crippen LogP contribution is -2.30. The number of nitrogens with one attached hydrogen (secondary N) is 1. The predicted molar refractivity (Wildman–Crippen MR) is 101 cm³/mol. The second-order valence-electron chi connectivity index (χ2n) is 8.20. The Morgan fingerprint density at radius 3 is 2.93 bits per heavy atom. The largest absolute Gasteiger partial charge is 0.381 e. The molecular formula is C19H25N5O5. The third kappa shape index (κ3) is 3.39. The van der Waals surface area contributed by atoms with Crippen LogP contribution < -0.4 is 5.32 Å². The third-order valence-corrected chi connectivity index (χ3v) is 5.64. The third-order valence-electron chi connectivity index (χ3n) is 5.64. The molecule has 0 aliphatic carbocycles. The monoisotopic (exact) mass is 403 g/mol. The summed E-state index contributed by atoms with van der Waals surface area (Å²) in [4.78, 5) is 24.8. The minimum Gasteiger partial charge on any atom is -0.381 e. The summed E-state index contributed by atoms with van der Waals surface area (Å²) in [5, 5.41) is 3.38. The number of aldehydes is 1. The van der Waals surface area contributed by atoms with Crippen LogP contribution in [0.3, 0.4) is 0 Å². The van der Waals surface area contributed by atoms with Gasteiger partial charge in [0, 0.05) is 13.2 Å². The van der Waals surface area contributed by atoms with Crippen molar-refractivity contribution in [3.05, 3.63) is 12.7 Å². The van der Waals surface area contributed by atoms with E-state index >= 15 is 0 Å². The number of fused-ring (bicyclic) bond motifs is 2. The van der Waals surface area contributed by atoms with Crippen LogP contribution in [0.15, 0.2) is 12.7 Å². The SMILES string of the molecule is CC1(C)O[C@@H]2[C@@H](O1)[C@H](n1cnc3c(NCC4CCCOC4)ncnc31)O[C@H]2C=O. The molecule has 2 aromatic heterocycles. The summed E-state index contributed by atoms with van der Waals surface area (Å²) in [5.74, 6) is 0.345. The number of aromatic nitrogens is 4. The van der Waals surface area contributed by atoms with Gasteiger partial charge < -0.3 is 29.1 Å². The fraction of sp³-hybridized carbons (Fsp3) is 0.684. The van der Waals surface area contributed by atoms with Gasteiger partial charge in [-0.15, -0.1) is 0 Å². The average Bonchev–Trinajstić information content (AvgIpc) is 3.37. The Bertz CT molecular complexity index is 896. The molecular weight excluding hydrogens is 378 g/mol. The van der Waals surface area contributed by atoms with Gasteiger partial charge in [-0.2, -0.15) is 0 Å². The van der Waals surface area contributed by atoms with Crippen molar-refractivity contribution in [2.45, 2.75) is 57.0 Å². The van der Waals surface area contributed by atoms with Gasteiger partial charge in [-0.3, -0.25) is 4.57 Å². The molecule has 5 heterocycles. The zero-order valence-corrected chi connectivity index (χ0v) is 16.5. The molecule has 1 N–H and O–H groups in total. The van der Waals surface area contributed by atoms with Crippen LogP contribution in [0.5, 0.6) is 0 Å². The Kier molecular flexibility index (Phi) is 4.73. The van der Waals surface area contributed by atoms with Gasteiger partial charge in [0.25, 0.3) is 0 Å². The number of hydrogen-bond donors (Lipinski definition) is 1. The number of nitrogens with zero attached hydrogens (tertiary/aromatic N) is 4. The zero-order chi connectivity index (χ0) is 20.0. The van der Waals surface area contributed by atoms with Gasteiger partial charge in [-0.1, -0.05) is 0 Å². The fourth-order valence-corrected chi connectivity index (χ4v) is 4.32. The molecule has 156 valence electrons. The van der Waals surface area contributed by atoms with E-state index in [0.717, 1.165) is 38.9 Å². The molecule has 1 unspecified atom stereocenters. The first-order valence-electron chi connectivity index (χ1n) is 10.0. The molecule has 29 heavy (non-hydrogen) atoms. The summed E-state index contributed by atoms with van der Waals surface area (Å²) < 4.78 is 25.2. The highest BCUT2D eigenvalue weighted by Crippen LogP contribution is 2.43. The highest BCUT2D eigenvalue weighted by atomic mass is 16.8. The minimum atomic E-state index is -0.779. The second kappa shape index (κ2) is 7.28. The molecule has 0 spiro atoms. The quantitative estimate of drug-likeness (QED) is 0.738. The van der Waals surface area contributed by atoms with Gasteiger partial charge in [0.2, 0.25) is 0 Å². The van der Waals surface area contributed by atoms with Gasteiger partial charge in [0.05, 0.1) is 12.9 Å². The molecule has 3 aliphatic rings. The van der Waals surface area contributed by atoms with Crippen LogP contribution >= 0.6 is 0 Å². The number of ether oxygens (including phenoxy) is 4. The number of imidazole rings is 1. The topological polar surface area (TPSA) is 110 Å². The van der Waals surface area contributed by atoms with E-state index in [1.54, 1.807) is 10.9 Å². The number of carbonyl (C=O) groups is 1. The normalized spacial score (nSPS) is 33.7. The zero-order valence-electron chi connectivity index (χ0n) is 16.5. The van der Waals surface area contributed by atoms with E-state index in [1.807, 2.05) is 13.8 Å². The Morgan fingerprint density at radius 2 is 2.14 bits per heavy atom. The van der Waals surface area contributed by atoms with E-state index in [-0.39, 0.29) is 0 Å². The Labute approximate surface area is 167 Å². The molecule has 0 amide bonds. The van der Waals surface area contributed by atoms with Crippen LogP contribution in [0.1, 0.15) is 32.9 Å². The van der Waals surface area contributed by atoms with Gasteiger partial charge >= 0.3 is 0 Å². The summed E-state index contributed by atoms with van der Waals surface area (Å²) in [5.41, 5.74) is 1.27. The summed E-state index contributed by atoms with van der Waals surface area (Å²) in [7, 11) is 0. The number of carbonyl (C=O) groups excluding carboxylic acids is 1. The maximum atomic E-state index is 11.5. The van der Waals surface area contributed by atoms with E-state index in [9.17, 15) is 4.79 Å². The van der Waals surface area contributed by atoms with Crippen molar-refractivity contribution in [1.29, 1.82) is 0 Å². The van der Waals surface area contributed by atoms with Crippen molar-refractivity contribution >= 4 is 23.3 Å². The lowest BCUT2D eigenvalue weighted by atomic mass is 10.0. The fourth-order valence-electron chi connectivity index (χ4n) is 4.32. The predicted octanol–water partition coefficient (Wildman–Crippen LogP) is 1.28. The highest BCUT2D eigenvalue weighted by Gasteiger charge is 2.56. The van der Waals surface area contributed by atoms with Crippen molar-refractivity contribution < 1.29 is 23.7 Å². The summed E-state index contributed by atoms with van der Waals surface area (Å²) >= 11 is 0. The second-order valence-corrected chi connectivity index (χ2v) is 8.20. The molecule has 0 bridgehead atoms. The van der Waals surface area contributed by atoms with Crippen LogP contribution in [-0.2, 0) is 23.7 Å². The minimum absolute atomic E-state index is 0.427. The maximum Gasteiger partial charge on any atom is 0.167 e. The van der Waals surface area contributed by atoms with E-state index in [0.29, 0.717) is 22.9 Å². The molecule has 3 fully saturated rings. The molecule has 3 aliphatic heterocycles. The lowest BCUT2D eigenvalue weighted by Gasteiger charge is -2.23. The molecule has 0 saturated carbocycles. The summed E-state index contributed by atoms with van der Waals surface area (Å²) in [6, 6.07) is 0. The first-order valence-corrected chi connectivity index (χ1v) is 10.0. The molecule has 0 aromatic carbocycles. The van der Waals surface area contributed by atoms with Crippen LogP contribution in [0.25, 0.3) is 11.2 Å². The van der Waals surface area contributed by atoms with Crippen molar-refractivity contribution in [2.24, 2.45) is 5.92 Å². The number of rotatable bonds is 5. The summed E-state index contributed by atoms with van der Waals surface area (Å²) in [6.07, 6.45) is 3.98. The average molecular weight is 403 g/mol. The Morgan fingerprint density at radius 1 is 1.28 bits per heavy atom. The molecule has 2 aromatic rings. The first kappa shape index (κ1) is 18.9. The number of anilines is 1. The van der Waals surface area contributed by atoms with E-state index in [2.05, 4.69) is 20.3 Å².